The molecule has 0 unspecified atom stereocenters. The molecule has 0 saturated carbocycles. The van der Waals surface area contributed by atoms with Crippen molar-refractivity contribution in [2.24, 2.45) is 15.7 Å². The van der Waals surface area contributed by atoms with Gasteiger partial charge in [-0.1, -0.05) is 249 Å². The first-order valence-corrected chi connectivity index (χ1v) is 26.0. The Balaban J connectivity index is 1.24. The van der Waals surface area contributed by atoms with Crippen molar-refractivity contribution in [3.05, 3.63) is 277 Å². The zero-order valence-corrected chi connectivity index (χ0v) is 38.4. The van der Waals surface area contributed by atoms with Crippen molar-refractivity contribution >= 4 is 69.3 Å². The smallest absolute Gasteiger partial charge is 0.179 e. The standard InChI is InChI=1S/C59H51N3Si2/c1-45-24-21-25-46(2)57(45)44-61-59(48-27-23-41-56(43-48)64(52-34-15-6-16-35-52,53-36-17-7-18-37-53)54-38-19-8-20-39-54)62-58(60)47-26-22-40-55(42-47)63(49-28-9-3-10-29-49,50-30-11-4-12-31-50)51-32-13-5-14-33-51/h3-43H,44H2,1-2H3,(H2,60,61,62). The summed E-state index contributed by atoms with van der Waals surface area (Å²) in [6.45, 7) is 4.78. The normalized spacial score (nSPS) is 12.2. The number of nitrogens with two attached hydrogens (primary N) is 1. The van der Waals surface area contributed by atoms with Crippen molar-refractivity contribution in [1.29, 1.82) is 0 Å². The van der Waals surface area contributed by atoms with Crippen molar-refractivity contribution in [3.63, 3.8) is 0 Å². The van der Waals surface area contributed by atoms with E-state index in [2.05, 4.69) is 263 Å². The fourth-order valence-corrected chi connectivity index (χ4v) is 19.1. The number of amidine groups is 2. The average Bonchev–Trinajstić information content (AvgIpc) is 3.36. The molecule has 2 N–H and O–H groups in total. The third kappa shape index (κ3) is 8.03. The van der Waals surface area contributed by atoms with Gasteiger partial charge in [-0.25, -0.2) is 4.99 Å². The molecule has 9 aromatic carbocycles. The van der Waals surface area contributed by atoms with Crippen molar-refractivity contribution in [3.8, 4) is 0 Å². The van der Waals surface area contributed by atoms with Gasteiger partial charge in [0.2, 0.25) is 0 Å². The van der Waals surface area contributed by atoms with Gasteiger partial charge in [0.15, 0.2) is 22.0 Å². The molecule has 310 valence electrons. The summed E-state index contributed by atoms with van der Waals surface area (Å²) >= 11 is 0. The molecule has 0 fully saturated rings. The van der Waals surface area contributed by atoms with Crippen LogP contribution in [0.15, 0.2) is 259 Å². The molecular formula is C59H51N3Si2. The molecule has 5 heteroatoms. The summed E-state index contributed by atoms with van der Waals surface area (Å²) in [6.07, 6.45) is 0. The Labute approximate surface area is 380 Å². The van der Waals surface area contributed by atoms with Crippen molar-refractivity contribution in [2.75, 3.05) is 0 Å². The monoisotopic (exact) mass is 857 g/mol. The molecule has 9 aromatic rings. The average molecular weight is 858 g/mol. The lowest BCUT2D eigenvalue weighted by molar-refractivity contribution is 1.02. The Morgan fingerprint density at radius 3 is 1.02 bits per heavy atom. The number of hydrogen-bond donors (Lipinski definition) is 1. The van der Waals surface area contributed by atoms with Crippen LogP contribution in [0.3, 0.4) is 0 Å². The maximum absolute atomic E-state index is 7.28. The number of benzene rings is 9. The van der Waals surface area contributed by atoms with Gasteiger partial charge in [0.05, 0.1) is 6.54 Å². The van der Waals surface area contributed by atoms with E-state index in [1.54, 1.807) is 0 Å². The van der Waals surface area contributed by atoms with E-state index < -0.39 is 16.1 Å². The third-order valence-corrected chi connectivity index (χ3v) is 22.2. The maximum Gasteiger partial charge on any atom is 0.179 e. The van der Waals surface area contributed by atoms with Crippen LogP contribution in [0.4, 0.5) is 0 Å². The summed E-state index contributed by atoms with van der Waals surface area (Å²) in [4.78, 5) is 10.7. The SMILES string of the molecule is Cc1cccc(C)c1CN=C(N=C(N)c1cccc([Si](c2ccccc2)(c2ccccc2)c2ccccc2)c1)c1cccc([Si](c2ccccc2)(c2ccccc2)c2ccccc2)c1. The lowest BCUT2D eigenvalue weighted by Crippen LogP contribution is -2.74. The molecule has 0 heterocycles. The zero-order chi connectivity index (χ0) is 43.8. The second kappa shape index (κ2) is 18.9. The van der Waals surface area contributed by atoms with E-state index in [0.717, 1.165) is 11.1 Å². The minimum atomic E-state index is -2.84. The van der Waals surface area contributed by atoms with Gasteiger partial charge >= 0.3 is 0 Å². The van der Waals surface area contributed by atoms with E-state index in [0.29, 0.717) is 18.2 Å². The molecule has 0 saturated heterocycles. The molecular weight excluding hydrogens is 807 g/mol. The predicted molar refractivity (Wildman–Crippen MR) is 277 cm³/mol. The largest absolute Gasteiger partial charge is 0.383 e. The van der Waals surface area contributed by atoms with Crippen LogP contribution in [0.5, 0.6) is 0 Å². The van der Waals surface area contributed by atoms with Gasteiger partial charge in [0.1, 0.15) is 5.84 Å². The van der Waals surface area contributed by atoms with Gasteiger partial charge in [-0.2, -0.15) is 0 Å². The molecule has 0 bridgehead atoms. The number of aryl methyl sites for hydroxylation is 2. The number of hydrogen-bond acceptors (Lipinski definition) is 1. The molecule has 9 rings (SSSR count). The van der Waals surface area contributed by atoms with Crippen LogP contribution in [-0.4, -0.2) is 27.8 Å². The predicted octanol–water partition coefficient (Wildman–Crippen LogP) is 7.41. The molecule has 0 atom stereocenters. The summed E-state index contributed by atoms with van der Waals surface area (Å²) in [5.74, 6) is 1.02. The van der Waals surface area contributed by atoms with Crippen LogP contribution in [0.1, 0.15) is 27.8 Å². The number of nitrogens with zero attached hydrogens (tertiary/aromatic N) is 2. The van der Waals surface area contributed by atoms with Crippen LogP contribution in [-0.2, 0) is 6.54 Å². The van der Waals surface area contributed by atoms with Gasteiger partial charge < -0.3 is 5.73 Å². The van der Waals surface area contributed by atoms with E-state index in [1.807, 2.05) is 0 Å². The fraction of sp³-hybridized carbons (Fsp3) is 0.0508. The minimum Gasteiger partial charge on any atom is -0.383 e. The molecule has 0 aliphatic heterocycles. The van der Waals surface area contributed by atoms with E-state index in [4.69, 9.17) is 15.7 Å². The highest BCUT2D eigenvalue weighted by atomic mass is 28.3. The van der Waals surface area contributed by atoms with Crippen molar-refractivity contribution < 1.29 is 0 Å². The Bertz CT molecular complexity index is 2810. The van der Waals surface area contributed by atoms with Crippen molar-refractivity contribution in [1.82, 2.24) is 0 Å². The Morgan fingerprint density at radius 1 is 0.359 bits per heavy atom. The molecule has 0 radical (unpaired) electrons. The molecule has 0 aliphatic carbocycles. The second-order valence-electron chi connectivity index (χ2n) is 16.4. The molecule has 64 heavy (non-hydrogen) atoms. The molecule has 0 spiro atoms. The summed E-state index contributed by atoms with van der Waals surface area (Å²) < 4.78 is 0. The summed E-state index contributed by atoms with van der Waals surface area (Å²) in [5.41, 5.74) is 12.7. The first-order chi connectivity index (χ1) is 31.5. The third-order valence-electron chi connectivity index (χ3n) is 12.6. The first kappa shape index (κ1) is 41.9. The Hall–Kier alpha value is -7.45. The van der Waals surface area contributed by atoms with Gasteiger partial charge in [-0.05, 0) is 72.0 Å². The molecule has 0 aliphatic rings. The quantitative estimate of drug-likeness (QED) is 0.0593. The lowest BCUT2D eigenvalue weighted by atomic mass is 10.0. The summed E-state index contributed by atoms with van der Waals surface area (Å²) in [6, 6.07) is 90.1. The number of rotatable bonds is 12. The highest BCUT2D eigenvalue weighted by Gasteiger charge is 2.43. The van der Waals surface area contributed by atoms with Gasteiger partial charge in [-0.15, -0.1) is 0 Å². The van der Waals surface area contributed by atoms with E-state index >= 15 is 0 Å². The topological polar surface area (TPSA) is 50.7 Å². The van der Waals surface area contributed by atoms with Crippen LogP contribution >= 0.6 is 0 Å². The van der Waals surface area contributed by atoms with E-state index in [-0.39, 0.29) is 0 Å². The Kier molecular flexibility index (Phi) is 12.4. The summed E-state index contributed by atoms with van der Waals surface area (Å²) in [5, 5.41) is 10.3. The first-order valence-electron chi connectivity index (χ1n) is 22.0. The Morgan fingerprint density at radius 2 is 0.656 bits per heavy atom. The van der Waals surface area contributed by atoms with Gasteiger partial charge in [0.25, 0.3) is 0 Å². The highest BCUT2D eigenvalue weighted by Crippen LogP contribution is 2.18. The van der Waals surface area contributed by atoms with Gasteiger partial charge in [0, 0.05) is 11.1 Å². The minimum absolute atomic E-state index is 0.419. The van der Waals surface area contributed by atoms with Crippen LogP contribution in [0.2, 0.25) is 0 Å². The molecule has 3 nitrogen and oxygen atoms in total. The van der Waals surface area contributed by atoms with E-state index in [1.165, 1.54) is 58.2 Å². The van der Waals surface area contributed by atoms with Crippen molar-refractivity contribution in [2.45, 2.75) is 20.4 Å². The molecule has 0 amide bonds. The number of aliphatic imine (C=N–C) groups is 2. The highest BCUT2D eigenvalue weighted by molar-refractivity contribution is 7.20. The second-order valence-corrected chi connectivity index (χ2v) is 24.0. The maximum atomic E-state index is 7.28. The van der Waals surface area contributed by atoms with Crippen LogP contribution in [0, 0.1) is 13.8 Å². The van der Waals surface area contributed by atoms with E-state index in [9.17, 15) is 0 Å². The van der Waals surface area contributed by atoms with Crippen LogP contribution < -0.4 is 47.2 Å². The van der Waals surface area contributed by atoms with Crippen LogP contribution in [0.25, 0.3) is 0 Å². The molecule has 0 aromatic heterocycles. The zero-order valence-electron chi connectivity index (χ0n) is 36.4. The summed E-state index contributed by atoms with van der Waals surface area (Å²) in [7, 11) is -5.66. The van der Waals surface area contributed by atoms with Gasteiger partial charge in [-0.3, -0.25) is 4.99 Å². The fourth-order valence-electron chi connectivity index (χ4n) is 9.55. The lowest BCUT2D eigenvalue weighted by Gasteiger charge is -2.34.